The van der Waals surface area contributed by atoms with Crippen LogP contribution >= 0.6 is 0 Å². The Balaban J connectivity index is 1.83. The van der Waals surface area contributed by atoms with Gasteiger partial charge in [-0.2, -0.15) is 0 Å². The highest BCUT2D eigenvalue weighted by atomic mass is 16.5. The number of nitrogen functional groups attached to an aromatic ring is 1. The molecule has 0 aromatic heterocycles. The number of hydrogen-bond donors (Lipinski definition) is 2. The third kappa shape index (κ3) is 2.38. The molecule has 0 spiro atoms. The average molecular weight is 277 g/mol. The highest BCUT2D eigenvalue weighted by Crippen LogP contribution is 2.38. The molecule has 108 valence electrons. The summed E-state index contributed by atoms with van der Waals surface area (Å²) in [7, 11) is 1.72. The summed E-state index contributed by atoms with van der Waals surface area (Å²) in [6, 6.07) is 3.69. The summed E-state index contributed by atoms with van der Waals surface area (Å²) in [6.45, 7) is 2.68. The Morgan fingerprint density at radius 3 is 3.20 bits per heavy atom. The van der Waals surface area contributed by atoms with Crippen molar-refractivity contribution < 1.29 is 14.3 Å². The van der Waals surface area contributed by atoms with Crippen LogP contribution in [0.25, 0.3) is 0 Å². The Labute approximate surface area is 117 Å². The predicted octanol–water partition coefficient (Wildman–Crippen LogP) is 1.07. The van der Waals surface area contributed by atoms with Gasteiger partial charge in [0.2, 0.25) is 0 Å². The molecule has 1 amide bonds. The van der Waals surface area contributed by atoms with Crippen molar-refractivity contribution in [2.75, 3.05) is 49.4 Å². The van der Waals surface area contributed by atoms with Gasteiger partial charge in [0.15, 0.2) is 6.61 Å². The summed E-state index contributed by atoms with van der Waals surface area (Å²) < 4.78 is 10.6. The van der Waals surface area contributed by atoms with Crippen LogP contribution in [0.5, 0.6) is 5.75 Å². The maximum absolute atomic E-state index is 11.4. The van der Waals surface area contributed by atoms with E-state index in [1.807, 2.05) is 6.07 Å². The minimum Gasteiger partial charge on any atom is -0.482 e. The molecule has 1 saturated heterocycles. The zero-order valence-electron chi connectivity index (χ0n) is 11.5. The smallest absolute Gasteiger partial charge is 0.262 e. The second-order valence-electron chi connectivity index (χ2n) is 5.30. The lowest BCUT2D eigenvalue weighted by Gasteiger charge is -2.25. The molecule has 0 bridgehead atoms. The first-order chi connectivity index (χ1) is 9.67. The first-order valence-electron chi connectivity index (χ1n) is 6.77. The average Bonchev–Trinajstić information content (AvgIpc) is 2.87. The number of hydrogen-bond acceptors (Lipinski definition) is 5. The summed E-state index contributed by atoms with van der Waals surface area (Å²) in [5.74, 6) is 1.03. The van der Waals surface area contributed by atoms with E-state index in [1.165, 1.54) is 0 Å². The molecule has 20 heavy (non-hydrogen) atoms. The van der Waals surface area contributed by atoms with Crippen LogP contribution in [-0.4, -0.2) is 39.3 Å². The van der Waals surface area contributed by atoms with Gasteiger partial charge in [-0.25, -0.2) is 0 Å². The number of ether oxygens (including phenoxy) is 2. The number of anilines is 3. The molecule has 1 aromatic rings. The van der Waals surface area contributed by atoms with Gasteiger partial charge in [-0.3, -0.25) is 4.79 Å². The molecule has 3 rings (SSSR count). The molecule has 1 atom stereocenters. The summed E-state index contributed by atoms with van der Waals surface area (Å²) in [4.78, 5) is 13.6. The van der Waals surface area contributed by atoms with Crippen molar-refractivity contribution in [1.82, 2.24) is 0 Å². The van der Waals surface area contributed by atoms with Gasteiger partial charge in [0.25, 0.3) is 5.91 Å². The second-order valence-corrected chi connectivity index (χ2v) is 5.30. The minimum atomic E-state index is -0.132. The Morgan fingerprint density at radius 2 is 2.40 bits per heavy atom. The second kappa shape index (κ2) is 5.20. The van der Waals surface area contributed by atoms with Gasteiger partial charge in [0, 0.05) is 32.2 Å². The molecule has 1 unspecified atom stereocenters. The SMILES string of the molecule is COCC1CCN(c2cc3c(cc2N)OCC(=O)N3)C1. The Morgan fingerprint density at radius 1 is 1.55 bits per heavy atom. The van der Waals surface area contributed by atoms with Crippen molar-refractivity contribution in [2.45, 2.75) is 6.42 Å². The topological polar surface area (TPSA) is 76.8 Å². The lowest BCUT2D eigenvalue weighted by Crippen LogP contribution is -2.27. The molecule has 2 aliphatic heterocycles. The summed E-state index contributed by atoms with van der Waals surface area (Å²) in [6.07, 6.45) is 1.09. The summed E-state index contributed by atoms with van der Waals surface area (Å²) in [5.41, 5.74) is 8.44. The highest BCUT2D eigenvalue weighted by Gasteiger charge is 2.26. The van der Waals surface area contributed by atoms with Gasteiger partial charge >= 0.3 is 0 Å². The molecule has 3 N–H and O–H groups in total. The number of nitrogens with two attached hydrogens (primary N) is 1. The molecule has 1 fully saturated rings. The van der Waals surface area contributed by atoms with E-state index >= 15 is 0 Å². The fourth-order valence-corrected chi connectivity index (χ4v) is 2.83. The van der Waals surface area contributed by atoms with Crippen LogP contribution in [0.2, 0.25) is 0 Å². The van der Waals surface area contributed by atoms with Crippen molar-refractivity contribution in [1.29, 1.82) is 0 Å². The Hall–Kier alpha value is -1.95. The maximum atomic E-state index is 11.4. The molecule has 1 aromatic carbocycles. The Kier molecular flexibility index (Phi) is 3.40. The van der Waals surface area contributed by atoms with Crippen LogP contribution in [0.15, 0.2) is 12.1 Å². The number of carbonyl (C=O) groups excluding carboxylic acids is 1. The molecule has 2 aliphatic rings. The van der Waals surface area contributed by atoms with Gasteiger partial charge in [0.05, 0.1) is 23.7 Å². The van der Waals surface area contributed by atoms with Crippen LogP contribution in [0.4, 0.5) is 17.1 Å². The number of benzene rings is 1. The van der Waals surface area contributed by atoms with E-state index in [-0.39, 0.29) is 12.5 Å². The number of amides is 1. The maximum Gasteiger partial charge on any atom is 0.262 e. The number of carbonyl (C=O) groups is 1. The van der Waals surface area contributed by atoms with Gasteiger partial charge < -0.3 is 25.4 Å². The fourth-order valence-electron chi connectivity index (χ4n) is 2.83. The molecular formula is C14H19N3O3. The summed E-state index contributed by atoms with van der Waals surface area (Å²) in [5, 5.41) is 2.82. The first kappa shape index (κ1) is 13.1. The van der Waals surface area contributed by atoms with Crippen molar-refractivity contribution in [3.63, 3.8) is 0 Å². The summed E-state index contributed by atoms with van der Waals surface area (Å²) >= 11 is 0. The number of rotatable bonds is 3. The standard InChI is InChI=1S/C14H19N3O3/c1-19-7-9-2-3-17(6-9)12-5-11-13(4-10(12)15)20-8-14(18)16-11/h4-5,9H,2-3,6-8,15H2,1H3,(H,16,18). The molecule has 0 saturated carbocycles. The van der Waals surface area contributed by atoms with Crippen LogP contribution in [0, 0.1) is 5.92 Å². The molecule has 0 radical (unpaired) electrons. The third-order valence-corrected chi connectivity index (χ3v) is 3.79. The van der Waals surface area contributed by atoms with Crippen LogP contribution < -0.4 is 20.7 Å². The normalized spacial score (nSPS) is 21.4. The number of fused-ring (bicyclic) bond motifs is 1. The van der Waals surface area contributed by atoms with Gasteiger partial charge in [-0.15, -0.1) is 0 Å². The monoisotopic (exact) mass is 277 g/mol. The van der Waals surface area contributed by atoms with E-state index in [4.69, 9.17) is 15.2 Å². The fraction of sp³-hybridized carbons (Fsp3) is 0.500. The van der Waals surface area contributed by atoms with Crippen molar-refractivity contribution >= 4 is 23.0 Å². The molecule has 0 aliphatic carbocycles. The predicted molar refractivity (Wildman–Crippen MR) is 77.2 cm³/mol. The third-order valence-electron chi connectivity index (χ3n) is 3.79. The van der Waals surface area contributed by atoms with E-state index < -0.39 is 0 Å². The van der Waals surface area contributed by atoms with E-state index in [1.54, 1.807) is 13.2 Å². The highest BCUT2D eigenvalue weighted by molar-refractivity contribution is 5.97. The van der Waals surface area contributed by atoms with Gasteiger partial charge in [0.1, 0.15) is 5.75 Å². The van der Waals surface area contributed by atoms with E-state index in [0.717, 1.165) is 31.8 Å². The molecule has 2 heterocycles. The van der Waals surface area contributed by atoms with Crippen molar-refractivity contribution in [3.8, 4) is 5.75 Å². The van der Waals surface area contributed by atoms with Gasteiger partial charge in [-0.05, 0) is 12.5 Å². The van der Waals surface area contributed by atoms with Crippen LogP contribution in [0.1, 0.15) is 6.42 Å². The minimum absolute atomic E-state index is 0.0470. The molecular weight excluding hydrogens is 258 g/mol. The van der Waals surface area contributed by atoms with Crippen molar-refractivity contribution in [3.05, 3.63) is 12.1 Å². The lowest BCUT2D eigenvalue weighted by molar-refractivity contribution is -0.118. The largest absolute Gasteiger partial charge is 0.482 e. The van der Waals surface area contributed by atoms with Crippen molar-refractivity contribution in [2.24, 2.45) is 5.92 Å². The number of nitrogens with zero attached hydrogens (tertiary/aromatic N) is 1. The van der Waals surface area contributed by atoms with Crippen LogP contribution in [-0.2, 0) is 9.53 Å². The molecule has 6 nitrogen and oxygen atoms in total. The molecule has 6 heteroatoms. The lowest BCUT2D eigenvalue weighted by atomic mass is 10.1. The van der Waals surface area contributed by atoms with E-state index in [0.29, 0.717) is 23.0 Å². The zero-order chi connectivity index (χ0) is 14.1. The Bertz CT molecular complexity index is 533. The quantitative estimate of drug-likeness (QED) is 0.808. The first-order valence-corrected chi connectivity index (χ1v) is 6.77. The van der Waals surface area contributed by atoms with Crippen LogP contribution in [0.3, 0.4) is 0 Å². The number of nitrogens with one attached hydrogen (secondary N) is 1. The van der Waals surface area contributed by atoms with E-state index in [9.17, 15) is 4.79 Å². The zero-order valence-corrected chi connectivity index (χ0v) is 11.5. The number of methoxy groups -OCH3 is 1. The van der Waals surface area contributed by atoms with E-state index in [2.05, 4.69) is 10.2 Å². The van der Waals surface area contributed by atoms with Gasteiger partial charge in [-0.1, -0.05) is 0 Å².